The lowest BCUT2D eigenvalue weighted by atomic mass is 10.3. The molecule has 2 aromatic rings. The molecule has 0 amide bonds. The van der Waals surface area contributed by atoms with Gasteiger partial charge in [-0.3, -0.25) is 0 Å². The lowest BCUT2D eigenvalue weighted by Gasteiger charge is -2.02. The lowest BCUT2D eigenvalue weighted by Crippen LogP contribution is -1.94. The minimum Gasteiger partial charge on any atom is -0.486 e. The predicted molar refractivity (Wildman–Crippen MR) is 64.9 cm³/mol. The highest BCUT2D eigenvalue weighted by atomic mass is 32.1. The maximum Gasteiger partial charge on any atom is 0.140 e. The van der Waals surface area contributed by atoms with E-state index in [0.29, 0.717) is 6.61 Å². The summed E-state index contributed by atoms with van der Waals surface area (Å²) in [4.78, 5) is 4.58. The molecule has 1 aliphatic carbocycles. The van der Waals surface area contributed by atoms with Crippen LogP contribution in [0, 0.1) is 0 Å². The molecule has 1 heterocycles. The average molecular weight is 231 g/mol. The molecule has 0 radical (unpaired) electrons. The molecule has 2 nitrogen and oxygen atoms in total. The second kappa shape index (κ2) is 4.26. The summed E-state index contributed by atoms with van der Waals surface area (Å²) < 4.78 is 5.65. The highest BCUT2D eigenvalue weighted by Crippen LogP contribution is 2.40. The zero-order chi connectivity index (χ0) is 10.8. The van der Waals surface area contributed by atoms with Crippen LogP contribution < -0.4 is 4.74 Å². The molecule has 16 heavy (non-hydrogen) atoms. The first-order valence-electron chi connectivity index (χ1n) is 5.54. The third kappa shape index (κ3) is 2.25. The molecule has 3 heteroatoms. The second-order valence-electron chi connectivity index (χ2n) is 4.04. The minimum atomic E-state index is 0.585. The van der Waals surface area contributed by atoms with Crippen molar-refractivity contribution in [1.82, 2.24) is 4.98 Å². The van der Waals surface area contributed by atoms with E-state index >= 15 is 0 Å². The summed E-state index contributed by atoms with van der Waals surface area (Å²) >= 11 is 1.70. The Morgan fingerprint density at radius 1 is 1.25 bits per heavy atom. The van der Waals surface area contributed by atoms with Gasteiger partial charge in [-0.25, -0.2) is 4.98 Å². The van der Waals surface area contributed by atoms with Crippen molar-refractivity contribution in [3.63, 3.8) is 0 Å². The molecule has 0 aliphatic heterocycles. The fourth-order valence-electron chi connectivity index (χ4n) is 1.62. The Labute approximate surface area is 98.9 Å². The van der Waals surface area contributed by atoms with E-state index in [2.05, 4.69) is 10.4 Å². The maximum atomic E-state index is 5.65. The highest BCUT2D eigenvalue weighted by molar-refractivity contribution is 7.09. The standard InChI is InChI=1S/C13H13NOS/c1-2-4-11(5-3-1)15-8-13-14-12(9-16-13)10-6-7-10/h1-5,9-10H,6-8H2. The van der Waals surface area contributed by atoms with Crippen molar-refractivity contribution in [2.24, 2.45) is 0 Å². The number of thiazole rings is 1. The van der Waals surface area contributed by atoms with Gasteiger partial charge in [-0.1, -0.05) is 18.2 Å². The number of aromatic nitrogens is 1. The number of ether oxygens (including phenoxy) is 1. The van der Waals surface area contributed by atoms with Crippen LogP contribution in [0.1, 0.15) is 29.5 Å². The summed E-state index contributed by atoms with van der Waals surface area (Å²) in [5.74, 6) is 1.65. The van der Waals surface area contributed by atoms with E-state index in [9.17, 15) is 0 Å². The summed E-state index contributed by atoms with van der Waals surface area (Å²) in [6.45, 7) is 0.585. The van der Waals surface area contributed by atoms with E-state index in [0.717, 1.165) is 16.7 Å². The smallest absolute Gasteiger partial charge is 0.140 e. The molecular formula is C13H13NOS. The summed E-state index contributed by atoms with van der Waals surface area (Å²) in [5, 5.41) is 3.24. The molecule has 3 rings (SSSR count). The van der Waals surface area contributed by atoms with Gasteiger partial charge in [0.2, 0.25) is 0 Å². The number of benzene rings is 1. The van der Waals surface area contributed by atoms with Crippen molar-refractivity contribution in [3.8, 4) is 5.75 Å². The zero-order valence-electron chi connectivity index (χ0n) is 8.93. The van der Waals surface area contributed by atoms with Crippen LogP contribution in [0.5, 0.6) is 5.75 Å². The van der Waals surface area contributed by atoms with E-state index < -0.39 is 0 Å². The van der Waals surface area contributed by atoms with Crippen LogP contribution in [0.2, 0.25) is 0 Å². The Bertz CT molecular complexity index is 462. The van der Waals surface area contributed by atoms with Crippen LogP contribution in [0.25, 0.3) is 0 Å². The zero-order valence-corrected chi connectivity index (χ0v) is 9.74. The van der Waals surface area contributed by atoms with Crippen LogP contribution in [0.15, 0.2) is 35.7 Å². The number of para-hydroxylation sites is 1. The van der Waals surface area contributed by atoms with Gasteiger partial charge in [0.05, 0.1) is 5.69 Å². The highest BCUT2D eigenvalue weighted by Gasteiger charge is 2.25. The van der Waals surface area contributed by atoms with Gasteiger partial charge in [0.1, 0.15) is 17.4 Å². The van der Waals surface area contributed by atoms with Crippen LogP contribution in [-0.4, -0.2) is 4.98 Å². The molecule has 1 aromatic carbocycles. The largest absolute Gasteiger partial charge is 0.486 e. The van der Waals surface area contributed by atoms with Crippen molar-refractivity contribution >= 4 is 11.3 Å². The van der Waals surface area contributed by atoms with E-state index in [1.54, 1.807) is 11.3 Å². The summed E-state index contributed by atoms with van der Waals surface area (Å²) in [6.07, 6.45) is 2.62. The monoisotopic (exact) mass is 231 g/mol. The molecule has 0 saturated heterocycles. The van der Waals surface area contributed by atoms with Gasteiger partial charge in [-0.15, -0.1) is 11.3 Å². The topological polar surface area (TPSA) is 22.1 Å². The number of hydrogen-bond donors (Lipinski definition) is 0. The SMILES string of the molecule is c1ccc(OCc2nc(C3CC3)cs2)cc1. The first-order valence-corrected chi connectivity index (χ1v) is 6.42. The molecule has 0 atom stereocenters. The Kier molecular flexibility index (Phi) is 2.62. The van der Waals surface area contributed by atoms with E-state index in [1.807, 2.05) is 30.3 Å². The summed E-state index contributed by atoms with van der Waals surface area (Å²) in [6, 6.07) is 9.88. The Morgan fingerprint density at radius 3 is 2.81 bits per heavy atom. The predicted octanol–water partition coefficient (Wildman–Crippen LogP) is 3.60. The van der Waals surface area contributed by atoms with Gasteiger partial charge in [0.15, 0.2) is 0 Å². The minimum absolute atomic E-state index is 0.585. The normalized spacial score (nSPS) is 15.0. The molecule has 1 aromatic heterocycles. The van der Waals surface area contributed by atoms with Crippen LogP contribution in [0.4, 0.5) is 0 Å². The quantitative estimate of drug-likeness (QED) is 0.802. The maximum absolute atomic E-state index is 5.65. The third-order valence-corrected chi connectivity index (χ3v) is 3.51. The first-order chi connectivity index (χ1) is 7.92. The molecule has 0 spiro atoms. The number of rotatable bonds is 4. The molecule has 1 saturated carbocycles. The van der Waals surface area contributed by atoms with Gasteiger partial charge in [0.25, 0.3) is 0 Å². The number of hydrogen-bond acceptors (Lipinski definition) is 3. The van der Waals surface area contributed by atoms with Crippen molar-refractivity contribution in [3.05, 3.63) is 46.4 Å². The van der Waals surface area contributed by atoms with Crippen LogP contribution in [-0.2, 0) is 6.61 Å². The Balaban J connectivity index is 1.61. The molecule has 0 unspecified atom stereocenters. The Morgan fingerprint density at radius 2 is 2.06 bits per heavy atom. The van der Waals surface area contributed by atoms with Crippen molar-refractivity contribution in [2.75, 3.05) is 0 Å². The van der Waals surface area contributed by atoms with Crippen molar-refractivity contribution in [2.45, 2.75) is 25.4 Å². The first kappa shape index (κ1) is 9.85. The molecule has 82 valence electrons. The fourth-order valence-corrected chi connectivity index (χ4v) is 2.41. The van der Waals surface area contributed by atoms with Gasteiger partial charge in [0, 0.05) is 11.3 Å². The van der Waals surface area contributed by atoms with Crippen LogP contribution in [0.3, 0.4) is 0 Å². The van der Waals surface area contributed by atoms with E-state index in [1.165, 1.54) is 18.5 Å². The molecule has 0 N–H and O–H groups in total. The molecule has 1 aliphatic rings. The Hall–Kier alpha value is -1.35. The van der Waals surface area contributed by atoms with Crippen molar-refractivity contribution in [1.29, 1.82) is 0 Å². The molecular weight excluding hydrogens is 218 g/mol. The van der Waals surface area contributed by atoms with Gasteiger partial charge >= 0.3 is 0 Å². The molecule has 0 bridgehead atoms. The van der Waals surface area contributed by atoms with Gasteiger partial charge < -0.3 is 4.74 Å². The summed E-state index contributed by atoms with van der Waals surface area (Å²) in [5.41, 5.74) is 1.26. The molecule has 1 fully saturated rings. The van der Waals surface area contributed by atoms with E-state index in [-0.39, 0.29) is 0 Å². The van der Waals surface area contributed by atoms with Gasteiger partial charge in [-0.2, -0.15) is 0 Å². The van der Waals surface area contributed by atoms with Crippen molar-refractivity contribution < 1.29 is 4.74 Å². The van der Waals surface area contributed by atoms with Crippen LogP contribution >= 0.6 is 11.3 Å². The second-order valence-corrected chi connectivity index (χ2v) is 4.98. The van der Waals surface area contributed by atoms with E-state index in [4.69, 9.17) is 4.74 Å². The number of nitrogens with zero attached hydrogens (tertiary/aromatic N) is 1. The fraction of sp³-hybridized carbons (Fsp3) is 0.308. The third-order valence-electron chi connectivity index (χ3n) is 2.67. The van der Waals surface area contributed by atoms with Gasteiger partial charge in [-0.05, 0) is 25.0 Å². The average Bonchev–Trinajstić information content (AvgIpc) is 3.08. The lowest BCUT2D eigenvalue weighted by molar-refractivity contribution is 0.305. The summed E-state index contributed by atoms with van der Waals surface area (Å²) in [7, 11) is 0.